The van der Waals surface area contributed by atoms with Crippen LogP contribution in [0.1, 0.15) is 17.3 Å². The van der Waals surface area contributed by atoms with Crippen LogP contribution in [0, 0.1) is 0 Å². The topological polar surface area (TPSA) is 44.2 Å². The molecule has 18 heavy (non-hydrogen) atoms. The number of ether oxygens (including phenoxy) is 2. The lowest BCUT2D eigenvalue weighted by Crippen LogP contribution is -1.90. The monoisotopic (exact) mass is 284 g/mol. The zero-order chi connectivity index (χ0) is 13.1. The molecule has 4 nitrogen and oxygen atoms in total. The first-order valence-electron chi connectivity index (χ1n) is 5.35. The van der Waals surface area contributed by atoms with E-state index in [0.717, 1.165) is 21.3 Å². The Morgan fingerprint density at radius 3 is 2.56 bits per heavy atom. The summed E-state index contributed by atoms with van der Waals surface area (Å²) in [5, 5.41) is 9.64. The van der Waals surface area contributed by atoms with Crippen molar-refractivity contribution in [1.82, 2.24) is 10.2 Å². The minimum absolute atomic E-state index is 0.138. The third-order valence-corrected chi connectivity index (χ3v) is 3.90. The van der Waals surface area contributed by atoms with E-state index in [1.54, 1.807) is 14.2 Å². The van der Waals surface area contributed by atoms with Gasteiger partial charge in [-0.3, -0.25) is 0 Å². The molecule has 0 aliphatic rings. The predicted molar refractivity (Wildman–Crippen MR) is 72.7 cm³/mol. The highest BCUT2D eigenvalue weighted by Gasteiger charge is 2.14. The number of aromatic nitrogens is 2. The van der Waals surface area contributed by atoms with Crippen molar-refractivity contribution in [2.24, 2.45) is 0 Å². The minimum Gasteiger partial charge on any atom is -0.497 e. The molecule has 1 unspecified atom stereocenters. The van der Waals surface area contributed by atoms with E-state index in [1.165, 1.54) is 11.3 Å². The van der Waals surface area contributed by atoms with Crippen molar-refractivity contribution in [2.45, 2.75) is 12.3 Å². The molecule has 1 aromatic heterocycles. The van der Waals surface area contributed by atoms with Crippen LogP contribution in [0.3, 0.4) is 0 Å². The Morgan fingerprint density at radius 2 is 2.00 bits per heavy atom. The van der Waals surface area contributed by atoms with Crippen molar-refractivity contribution in [2.75, 3.05) is 14.2 Å². The Balaban J connectivity index is 2.42. The molecule has 2 rings (SSSR count). The number of benzene rings is 1. The number of hydrogen-bond acceptors (Lipinski definition) is 5. The van der Waals surface area contributed by atoms with Gasteiger partial charge >= 0.3 is 0 Å². The lowest BCUT2D eigenvalue weighted by Gasteiger charge is -2.07. The first-order chi connectivity index (χ1) is 8.65. The zero-order valence-electron chi connectivity index (χ0n) is 10.3. The predicted octanol–water partition coefficient (Wildman–Crippen LogP) is 3.52. The zero-order valence-corrected chi connectivity index (χ0v) is 11.9. The van der Waals surface area contributed by atoms with Crippen molar-refractivity contribution >= 4 is 22.9 Å². The van der Waals surface area contributed by atoms with Crippen LogP contribution in [0.4, 0.5) is 0 Å². The van der Waals surface area contributed by atoms with Gasteiger partial charge in [0.05, 0.1) is 25.2 Å². The van der Waals surface area contributed by atoms with Crippen LogP contribution >= 0.6 is 22.9 Å². The fourth-order valence-corrected chi connectivity index (χ4v) is 2.46. The van der Waals surface area contributed by atoms with E-state index >= 15 is 0 Å². The highest BCUT2D eigenvalue weighted by molar-refractivity contribution is 7.15. The molecule has 0 radical (unpaired) electrons. The summed E-state index contributed by atoms with van der Waals surface area (Å²) >= 11 is 7.44. The van der Waals surface area contributed by atoms with Crippen LogP contribution in [0.15, 0.2) is 18.2 Å². The van der Waals surface area contributed by atoms with Crippen LogP contribution in [0.2, 0.25) is 0 Å². The summed E-state index contributed by atoms with van der Waals surface area (Å²) in [6.45, 7) is 1.87. The third-order valence-electron chi connectivity index (χ3n) is 2.42. The summed E-state index contributed by atoms with van der Waals surface area (Å²) in [7, 11) is 3.23. The largest absolute Gasteiger partial charge is 0.497 e. The number of methoxy groups -OCH3 is 2. The molecule has 1 aromatic carbocycles. The lowest BCUT2D eigenvalue weighted by atomic mass is 10.2. The molecule has 0 bridgehead atoms. The second kappa shape index (κ2) is 5.54. The maximum Gasteiger partial charge on any atom is 0.151 e. The number of rotatable bonds is 4. The van der Waals surface area contributed by atoms with E-state index in [4.69, 9.17) is 21.1 Å². The maximum absolute atomic E-state index is 5.98. The molecular weight excluding hydrogens is 272 g/mol. The molecule has 0 amide bonds. The third kappa shape index (κ3) is 2.57. The normalized spacial score (nSPS) is 12.2. The molecule has 0 saturated heterocycles. The Hall–Kier alpha value is -1.33. The number of nitrogens with zero attached hydrogens (tertiary/aromatic N) is 2. The molecule has 1 atom stereocenters. The van der Waals surface area contributed by atoms with Crippen molar-refractivity contribution in [1.29, 1.82) is 0 Å². The molecule has 2 aromatic rings. The second-order valence-electron chi connectivity index (χ2n) is 3.63. The van der Waals surface area contributed by atoms with Crippen LogP contribution in [-0.4, -0.2) is 24.4 Å². The van der Waals surface area contributed by atoms with Gasteiger partial charge in [0, 0.05) is 6.07 Å². The van der Waals surface area contributed by atoms with Gasteiger partial charge in [0.15, 0.2) is 5.01 Å². The Morgan fingerprint density at radius 1 is 1.22 bits per heavy atom. The van der Waals surface area contributed by atoms with Crippen molar-refractivity contribution < 1.29 is 9.47 Å². The van der Waals surface area contributed by atoms with Gasteiger partial charge in [-0.2, -0.15) is 0 Å². The van der Waals surface area contributed by atoms with Crippen LogP contribution in [0.25, 0.3) is 10.6 Å². The average molecular weight is 285 g/mol. The van der Waals surface area contributed by atoms with E-state index in [2.05, 4.69) is 10.2 Å². The van der Waals surface area contributed by atoms with Crippen LogP contribution < -0.4 is 9.47 Å². The highest BCUT2D eigenvalue weighted by Crippen LogP contribution is 2.36. The maximum atomic E-state index is 5.98. The summed E-state index contributed by atoms with van der Waals surface area (Å²) in [6, 6.07) is 5.59. The number of hydrogen-bond donors (Lipinski definition) is 0. The van der Waals surface area contributed by atoms with E-state index in [9.17, 15) is 0 Å². The standard InChI is InChI=1S/C12H13ClN2O2S/c1-7(13)11-14-15-12(18-11)9-5-4-8(16-2)6-10(9)17-3/h4-7H,1-3H3. The van der Waals surface area contributed by atoms with E-state index in [-0.39, 0.29) is 5.38 Å². The molecule has 1 heterocycles. The molecule has 6 heteroatoms. The van der Waals surface area contributed by atoms with Crippen LogP contribution in [0.5, 0.6) is 11.5 Å². The Bertz CT molecular complexity index is 543. The SMILES string of the molecule is COc1ccc(-c2nnc(C(C)Cl)s2)c(OC)c1. The second-order valence-corrected chi connectivity index (χ2v) is 5.29. The van der Waals surface area contributed by atoms with Gasteiger partial charge in [-0.1, -0.05) is 11.3 Å². The molecule has 0 spiro atoms. The van der Waals surface area contributed by atoms with Crippen molar-refractivity contribution in [3.05, 3.63) is 23.2 Å². The summed E-state index contributed by atoms with van der Waals surface area (Å²) in [4.78, 5) is 0. The fraction of sp³-hybridized carbons (Fsp3) is 0.333. The van der Waals surface area contributed by atoms with E-state index < -0.39 is 0 Å². The van der Waals surface area contributed by atoms with Crippen molar-refractivity contribution in [3.8, 4) is 22.1 Å². The minimum atomic E-state index is -0.138. The van der Waals surface area contributed by atoms with Gasteiger partial charge in [0.2, 0.25) is 0 Å². The molecule has 0 aliphatic carbocycles. The summed E-state index contributed by atoms with van der Waals surface area (Å²) < 4.78 is 10.5. The van der Waals surface area contributed by atoms with Crippen molar-refractivity contribution in [3.63, 3.8) is 0 Å². The van der Waals surface area contributed by atoms with Gasteiger partial charge in [0.25, 0.3) is 0 Å². The van der Waals surface area contributed by atoms with Gasteiger partial charge in [-0.25, -0.2) is 0 Å². The lowest BCUT2D eigenvalue weighted by molar-refractivity contribution is 0.395. The highest BCUT2D eigenvalue weighted by atomic mass is 35.5. The Labute approximate surface area is 115 Å². The molecule has 0 N–H and O–H groups in total. The first-order valence-corrected chi connectivity index (χ1v) is 6.61. The first kappa shape index (κ1) is 13.1. The number of alkyl halides is 1. The smallest absolute Gasteiger partial charge is 0.151 e. The summed E-state index contributed by atoms with van der Waals surface area (Å²) in [6.07, 6.45) is 0. The Kier molecular flexibility index (Phi) is 4.04. The summed E-state index contributed by atoms with van der Waals surface area (Å²) in [5.74, 6) is 1.45. The van der Waals surface area contributed by atoms with Gasteiger partial charge in [-0.15, -0.1) is 21.8 Å². The summed E-state index contributed by atoms with van der Waals surface area (Å²) in [5.41, 5.74) is 0.888. The molecule has 0 aliphatic heterocycles. The molecule has 96 valence electrons. The fourth-order valence-electron chi connectivity index (χ4n) is 1.48. The quantitative estimate of drug-likeness (QED) is 0.806. The van der Waals surface area contributed by atoms with Gasteiger partial charge in [-0.05, 0) is 19.1 Å². The van der Waals surface area contributed by atoms with Crippen LogP contribution in [-0.2, 0) is 0 Å². The molecule has 0 fully saturated rings. The van der Waals surface area contributed by atoms with E-state index in [0.29, 0.717) is 5.75 Å². The van der Waals surface area contributed by atoms with Gasteiger partial charge < -0.3 is 9.47 Å². The van der Waals surface area contributed by atoms with Gasteiger partial charge in [0.1, 0.15) is 16.5 Å². The number of halogens is 1. The molecule has 0 saturated carbocycles. The van der Waals surface area contributed by atoms with E-state index in [1.807, 2.05) is 25.1 Å². The molecular formula is C12H13ClN2O2S. The average Bonchev–Trinajstić information content (AvgIpc) is 2.87.